The van der Waals surface area contributed by atoms with Crippen LogP contribution in [0.2, 0.25) is 0 Å². The van der Waals surface area contributed by atoms with Crippen molar-refractivity contribution in [2.75, 3.05) is 12.0 Å². The number of methoxy groups -OCH3 is 1. The number of aryl methyl sites for hydroxylation is 1. The smallest absolute Gasteiger partial charge is 0.325 e. The summed E-state index contributed by atoms with van der Waals surface area (Å²) in [6.07, 6.45) is 1.18. The van der Waals surface area contributed by atoms with E-state index in [2.05, 4.69) is 11.9 Å². The van der Waals surface area contributed by atoms with Crippen LogP contribution in [0.1, 0.15) is 35.7 Å². The minimum Gasteiger partial charge on any atom is -0.468 e. The highest BCUT2D eigenvalue weighted by atomic mass is 32.1. The molecule has 0 saturated carbocycles. The highest BCUT2D eigenvalue weighted by molar-refractivity contribution is 7.16. The molecule has 0 bridgehead atoms. The van der Waals surface area contributed by atoms with Crippen molar-refractivity contribution in [1.82, 2.24) is 4.57 Å². The Labute approximate surface area is 187 Å². The third-order valence-electron chi connectivity index (χ3n) is 5.27. The number of carbonyl (C=O) groups is 4. The summed E-state index contributed by atoms with van der Waals surface area (Å²) in [6.45, 7) is 1.97. The Morgan fingerprint density at radius 2 is 1.84 bits per heavy atom. The summed E-state index contributed by atoms with van der Waals surface area (Å²) in [6, 6.07) is 12.2. The van der Waals surface area contributed by atoms with Gasteiger partial charge in [0.25, 0.3) is 5.91 Å². The van der Waals surface area contributed by atoms with Crippen molar-refractivity contribution in [3.8, 4) is 0 Å². The van der Waals surface area contributed by atoms with E-state index in [1.54, 1.807) is 22.8 Å². The van der Waals surface area contributed by atoms with Crippen LogP contribution >= 0.6 is 11.3 Å². The summed E-state index contributed by atoms with van der Waals surface area (Å²) in [7, 11) is 1.31. The lowest BCUT2D eigenvalue weighted by Crippen LogP contribution is -2.28. The zero-order valence-corrected chi connectivity index (χ0v) is 18.5. The molecule has 4 rings (SSSR count). The molecule has 8 nitrogen and oxygen atoms in total. The first-order valence-electron chi connectivity index (χ1n) is 10.1. The number of hydrogen-bond acceptors (Lipinski definition) is 6. The van der Waals surface area contributed by atoms with E-state index < -0.39 is 11.9 Å². The van der Waals surface area contributed by atoms with Gasteiger partial charge in [-0.25, -0.2) is 0 Å². The Bertz CT molecular complexity index is 1300. The highest BCUT2D eigenvalue weighted by Crippen LogP contribution is 2.24. The van der Waals surface area contributed by atoms with Gasteiger partial charge in [-0.1, -0.05) is 30.4 Å². The SMILES string of the molecule is CCc1ccc2c(c1)sc(=NC(=O)c1cccc(N3C(=O)CCC3=O)c1)n2CC(=O)OC. The van der Waals surface area contributed by atoms with Gasteiger partial charge >= 0.3 is 5.97 Å². The second-order valence-electron chi connectivity index (χ2n) is 7.29. The average Bonchev–Trinajstić information content (AvgIpc) is 3.31. The van der Waals surface area contributed by atoms with Gasteiger partial charge in [0.2, 0.25) is 11.8 Å². The van der Waals surface area contributed by atoms with Crippen molar-refractivity contribution >= 4 is 50.9 Å². The highest BCUT2D eigenvalue weighted by Gasteiger charge is 2.30. The topological polar surface area (TPSA) is 98.0 Å². The third-order valence-corrected chi connectivity index (χ3v) is 6.31. The van der Waals surface area contributed by atoms with Crippen LogP contribution in [-0.4, -0.2) is 35.4 Å². The normalized spacial score (nSPS) is 14.4. The summed E-state index contributed by atoms with van der Waals surface area (Å²) in [5.74, 6) is -1.56. The largest absolute Gasteiger partial charge is 0.468 e. The molecular weight excluding hydrogens is 430 g/mol. The Balaban J connectivity index is 1.77. The molecule has 3 aromatic rings. The Kier molecular flexibility index (Phi) is 6.00. The molecule has 32 heavy (non-hydrogen) atoms. The van der Waals surface area contributed by atoms with Crippen molar-refractivity contribution in [3.05, 3.63) is 58.4 Å². The van der Waals surface area contributed by atoms with E-state index >= 15 is 0 Å². The number of aromatic nitrogens is 1. The van der Waals surface area contributed by atoms with Crippen LogP contribution in [0.4, 0.5) is 5.69 Å². The third kappa shape index (κ3) is 4.11. The van der Waals surface area contributed by atoms with Crippen molar-refractivity contribution in [2.24, 2.45) is 4.99 Å². The van der Waals surface area contributed by atoms with E-state index in [0.29, 0.717) is 10.5 Å². The van der Waals surface area contributed by atoms with Crippen LogP contribution < -0.4 is 9.70 Å². The number of thiazole rings is 1. The zero-order valence-electron chi connectivity index (χ0n) is 17.7. The number of benzene rings is 2. The van der Waals surface area contributed by atoms with Crippen LogP contribution in [0, 0.1) is 0 Å². The number of nitrogens with zero attached hydrogens (tertiary/aromatic N) is 3. The molecule has 2 heterocycles. The van der Waals surface area contributed by atoms with E-state index in [-0.39, 0.29) is 36.8 Å². The molecule has 9 heteroatoms. The van der Waals surface area contributed by atoms with Crippen LogP contribution in [-0.2, 0) is 32.1 Å². The van der Waals surface area contributed by atoms with Crippen LogP contribution in [0.5, 0.6) is 0 Å². The first kappa shape index (κ1) is 21.6. The van der Waals surface area contributed by atoms with E-state index in [4.69, 9.17) is 4.74 Å². The second kappa shape index (κ2) is 8.88. The van der Waals surface area contributed by atoms with Gasteiger partial charge in [-0.05, 0) is 42.3 Å². The van der Waals surface area contributed by atoms with Crippen molar-refractivity contribution < 1.29 is 23.9 Å². The van der Waals surface area contributed by atoms with E-state index in [1.807, 2.05) is 18.2 Å². The maximum atomic E-state index is 13.0. The minimum absolute atomic E-state index is 0.0785. The van der Waals surface area contributed by atoms with E-state index in [1.165, 1.54) is 24.5 Å². The number of amides is 3. The summed E-state index contributed by atoms with van der Waals surface area (Å²) < 4.78 is 7.36. The van der Waals surface area contributed by atoms with Crippen LogP contribution in [0.25, 0.3) is 10.2 Å². The second-order valence-corrected chi connectivity index (χ2v) is 8.30. The number of imide groups is 1. The first-order chi connectivity index (χ1) is 15.4. The fourth-order valence-electron chi connectivity index (χ4n) is 3.56. The average molecular weight is 452 g/mol. The molecule has 1 fully saturated rings. The maximum Gasteiger partial charge on any atom is 0.325 e. The number of carbonyl (C=O) groups excluding carboxylic acids is 4. The lowest BCUT2D eigenvalue weighted by Gasteiger charge is -2.14. The molecule has 3 amide bonds. The first-order valence-corrected chi connectivity index (χ1v) is 11.0. The molecule has 0 radical (unpaired) electrons. The zero-order chi connectivity index (χ0) is 22.8. The number of rotatable bonds is 5. The van der Waals surface area contributed by atoms with Gasteiger partial charge in [-0.15, -0.1) is 0 Å². The van der Waals surface area contributed by atoms with Crippen molar-refractivity contribution in [1.29, 1.82) is 0 Å². The summed E-state index contributed by atoms with van der Waals surface area (Å²) >= 11 is 1.31. The quantitative estimate of drug-likeness (QED) is 0.439. The number of ether oxygens (including phenoxy) is 1. The molecule has 1 aliphatic heterocycles. The predicted octanol–water partition coefficient (Wildman–Crippen LogP) is 2.83. The summed E-state index contributed by atoms with van der Waals surface area (Å²) in [5, 5.41) is 0. The molecule has 0 aliphatic carbocycles. The van der Waals surface area contributed by atoms with Gasteiger partial charge in [0, 0.05) is 18.4 Å². The molecule has 0 spiro atoms. The summed E-state index contributed by atoms with van der Waals surface area (Å²) in [4.78, 5) is 54.7. The molecule has 0 atom stereocenters. The fourth-order valence-corrected chi connectivity index (χ4v) is 4.65. The molecule has 164 valence electrons. The minimum atomic E-state index is -0.535. The van der Waals surface area contributed by atoms with E-state index in [0.717, 1.165) is 27.1 Å². The molecule has 0 N–H and O–H groups in total. The number of fused-ring (bicyclic) bond motifs is 1. The van der Waals surface area contributed by atoms with Crippen molar-refractivity contribution in [2.45, 2.75) is 32.7 Å². The standard InChI is InChI=1S/C23H21N3O5S/c1-3-14-7-8-17-18(11-14)32-23(25(17)13-21(29)31-2)24-22(30)15-5-4-6-16(12-15)26-19(27)9-10-20(26)28/h4-8,11-12H,3,9-10,13H2,1-2H3. The van der Waals surface area contributed by atoms with Gasteiger partial charge in [0.15, 0.2) is 4.80 Å². The Hall–Kier alpha value is -3.59. The molecule has 2 aromatic carbocycles. The fraction of sp³-hybridized carbons (Fsp3) is 0.261. The van der Waals surface area contributed by atoms with Gasteiger partial charge in [0.05, 0.1) is 23.0 Å². The maximum absolute atomic E-state index is 13.0. The van der Waals surface area contributed by atoms with Gasteiger partial charge in [0.1, 0.15) is 6.54 Å². The predicted molar refractivity (Wildman–Crippen MR) is 119 cm³/mol. The lowest BCUT2D eigenvalue weighted by molar-refractivity contribution is -0.141. The van der Waals surface area contributed by atoms with Gasteiger partial charge in [-0.3, -0.25) is 24.1 Å². The van der Waals surface area contributed by atoms with E-state index in [9.17, 15) is 19.2 Å². The van der Waals surface area contributed by atoms with Crippen LogP contribution in [0.15, 0.2) is 47.5 Å². The Morgan fingerprint density at radius 3 is 2.53 bits per heavy atom. The molecular formula is C23H21N3O5S. The molecule has 1 aromatic heterocycles. The van der Waals surface area contributed by atoms with Crippen LogP contribution in [0.3, 0.4) is 0 Å². The molecule has 0 unspecified atom stereocenters. The summed E-state index contributed by atoms with van der Waals surface area (Å²) in [5.41, 5.74) is 2.51. The van der Waals surface area contributed by atoms with Gasteiger partial charge in [-0.2, -0.15) is 4.99 Å². The Morgan fingerprint density at radius 1 is 1.09 bits per heavy atom. The van der Waals surface area contributed by atoms with Gasteiger partial charge < -0.3 is 9.30 Å². The lowest BCUT2D eigenvalue weighted by atomic mass is 10.2. The number of hydrogen-bond donors (Lipinski definition) is 0. The molecule has 1 aliphatic rings. The monoisotopic (exact) mass is 451 g/mol. The molecule has 1 saturated heterocycles. The number of anilines is 1. The number of esters is 1. The van der Waals surface area contributed by atoms with Crippen molar-refractivity contribution in [3.63, 3.8) is 0 Å².